The second kappa shape index (κ2) is 8.39. The molecule has 1 heterocycles. The molecular weight excluding hydrogens is 368 g/mol. The minimum atomic E-state index is -0.274. The van der Waals surface area contributed by atoms with Crippen molar-refractivity contribution in [1.29, 1.82) is 0 Å². The lowest BCUT2D eigenvalue weighted by Gasteiger charge is -2.19. The first-order valence-corrected chi connectivity index (χ1v) is 9.36. The van der Waals surface area contributed by atoms with Gasteiger partial charge in [-0.05, 0) is 56.2 Å². The summed E-state index contributed by atoms with van der Waals surface area (Å²) in [6.45, 7) is 5.78. The number of fused-ring (bicyclic) bond motifs is 1. The fourth-order valence-electron chi connectivity index (χ4n) is 3.31. The monoisotopic (exact) mass is 394 g/mol. The van der Waals surface area contributed by atoms with Crippen LogP contribution in [-0.2, 0) is 0 Å². The van der Waals surface area contributed by atoms with Gasteiger partial charge in [0.05, 0.1) is 44.1 Å². The van der Waals surface area contributed by atoms with Gasteiger partial charge in [0.15, 0.2) is 11.5 Å². The number of carbonyl (C=O) groups is 1. The number of hydrogen-bond donors (Lipinski definition) is 1. The summed E-state index contributed by atoms with van der Waals surface area (Å²) in [5.74, 6) is 1.42. The largest absolute Gasteiger partial charge is 0.493 e. The summed E-state index contributed by atoms with van der Waals surface area (Å²) in [5, 5.41) is 3.98. The fourth-order valence-corrected chi connectivity index (χ4v) is 3.31. The van der Waals surface area contributed by atoms with Gasteiger partial charge in [-0.3, -0.25) is 9.78 Å². The summed E-state index contributed by atoms with van der Waals surface area (Å²) in [6, 6.07) is 11.3. The molecule has 0 bridgehead atoms. The number of nitrogens with one attached hydrogen (secondary N) is 1. The van der Waals surface area contributed by atoms with E-state index in [-0.39, 0.29) is 11.9 Å². The van der Waals surface area contributed by atoms with Crippen LogP contribution in [0.5, 0.6) is 17.2 Å². The molecule has 1 N–H and O–H groups in total. The van der Waals surface area contributed by atoms with E-state index in [4.69, 9.17) is 14.2 Å². The van der Waals surface area contributed by atoms with Crippen LogP contribution in [-0.4, -0.2) is 32.2 Å². The first-order valence-electron chi connectivity index (χ1n) is 9.36. The smallest absolute Gasteiger partial charge is 0.253 e. The Morgan fingerprint density at radius 2 is 1.62 bits per heavy atom. The Hall–Kier alpha value is -3.28. The second-order valence-electron chi connectivity index (χ2n) is 6.97. The van der Waals surface area contributed by atoms with Crippen LogP contribution in [0.3, 0.4) is 0 Å². The summed E-state index contributed by atoms with van der Waals surface area (Å²) in [5.41, 5.74) is 4.11. The van der Waals surface area contributed by atoms with Gasteiger partial charge in [-0.2, -0.15) is 0 Å². The molecule has 29 heavy (non-hydrogen) atoms. The predicted octanol–water partition coefficient (Wildman–Crippen LogP) is 4.37. The van der Waals surface area contributed by atoms with E-state index >= 15 is 0 Å². The standard InChI is InChI=1S/C23H26N2O4/c1-13-7-8-16-10-18(15(3)24-19(16)9-13)23(26)25-14(2)17-11-20(27-4)22(29-6)21(12-17)28-5/h7-12,14H,1-6H3,(H,25,26)/t14-/m0/s1. The number of aryl methyl sites for hydroxylation is 2. The van der Waals surface area contributed by atoms with E-state index in [0.29, 0.717) is 28.5 Å². The Kier molecular flexibility index (Phi) is 5.92. The SMILES string of the molecule is COc1cc([C@H](C)NC(=O)c2cc3ccc(C)cc3nc2C)cc(OC)c1OC. The minimum Gasteiger partial charge on any atom is -0.493 e. The third-order valence-electron chi connectivity index (χ3n) is 4.94. The van der Waals surface area contributed by atoms with Gasteiger partial charge >= 0.3 is 0 Å². The van der Waals surface area contributed by atoms with E-state index < -0.39 is 0 Å². The molecule has 3 aromatic rings. The number of amides is 1. The molecule has 6 heteroatoms. The Morgan fingerprint density at radius 1 is 0.966 bits per heavy atom. The van der Waals surface area contributed by atoms with Gasteiger partial charge in [-0.1, -0.05) is 12.1 Å². The fraction of sp³-hybridized carbons (Fsp3) is 0.304. The van der Waals surface area contributed by atoms with Crippen LogP contribution in [0.1, 0.15) is 40.1 Å². The maximum Gasteiger partial charge on any atom is 0.253 e. The van der Waals surface area contributed by atoms with Crippen LogP contribution < -0.4 is 19.5 Å². The van der Waals surface area contributed by atoms with Gasteiger partial charge in [0.2, 0.25) is 5.75 Å². The Bertz CT molecular complexity index is 1040. The van der Waals surface area contributed by atoms with Crippen molar-refractivity contribution in [2.75, 3.05) is 21.3 Å². The number of pyridine rings is 1. The number of carbonyl (C=O) groups excluding carboxylic acids is 1. The van der Waals surface area contributed by atoms with E-state index in [1.54, 1.807) is 21.3 Å². The van der Waals surface area contributed by atoms with E-state index in [2.05, 4.69) is 10.3 Å². The van der Waals surface area contributed by atoms with Crippen molar-refractivity contribution >= 4 is 16.8 Å². The van der Waals surface area contributed by atoms with Crippen LogP contribution in [0, 0.1) is 13.8 Å². The highest BCUT2D eigenvalue weighted by Crippen LogP contribution is 2.39. The molecule has 152 valence electrons. The number of nitrogens with zero attached hydrogens (tertiary/aromatic N) is 1. The van der Waals surface area contributed by atoms with Crippen LogP contribution in [0.15, 0.2) is 36.4 Å². The third-order valence-corrected chi connectivity index (χ3v) is 4.94. The van der Waals surface area contributed by atoms with Crippen molar-refractivity contribution in [2.24, 2.45) is 0 Å². The van der Waals surface area contributed by atoms with Crippen molar-refractivity contribution in [1.82, 2.24) is 10.3 Å². The molecule has 0 aliphatic carbocycles. The van der Waals surface area contributed by atoms with Crippen LogP contribution >= 0.6 is 0 Å². The molecule has 0 unspecified atom stereocenters. The van der Waals surface area contributed by atoms with Crippen LogP contribution in [0.2, 0.25) is 0 Å². The van der Waals surface area contributed by atoms with Crippen molar-refractivity contribution in [3.05, 3.63) is 58.8 Å². The number of aromatic nitrogens is 1. The summed E-state index contributed by atoms with van der Waals surface area (Å²) >= 11 is 0. The van der Waals surface area contributed by atoms with Crippen LogP contribution in [0.25, 0.3) is 10.9 Å². The topological polar surface area (TPSA) is 69.7 Å². The third kappa shape index (κ3) is 4.11. The molecule has 1 aromatic heterocycles. The minimum absolute atomic E-state index is 0.182. The molecule has 0 spiro atoms. The van der Waals surface area contributed by atoms with Crippen molar-refractivity contribution in [2.45, 2.75) is 26.8 Å². The zero-order chi connectivity index (χ0) is 21.1. The highest BCUT2D eigenvalue weighted by molar-refractivity contribution is 5.98. The number of ether oxygens (including phenoxy) is 3. The molecule has 0 aliphatic rings. The molecule has 2 aromatic carbocycles. The Morgan fingerprint density at radius 3 is 2.21 bits per heavy atom. The van der Waals surface area contributed by atoms with E-state index in [0.717, 1.165) is 22.0 Å². The number of benzene rings is 2. The predicted molar refractivity (Wildman–Crippen MR) is 113 cm³/mol. The van der Waals surface area contributed by atoms with Crippen molar-refractivity contribution in [3.63, 3.8) is 0 Å². The summed E-state index contributed by atoms with van der Waals surface area (Å²) in [6.07, 6.45) is 0. The van der Waals surface area contributed by atoms with Gasteiger partial charge in [-0.15, -0.1) is 0 Å². The van der Waals surface area contributed by atoms with E-state index in [1.165, 1.54) is 0 Å². The molecule has 3 rings (SSSR count). The lowest BCUT2D eigenvalue weighted by Crippen LogP contribution is -2.27. The lowest BCUT2D eigenvalue weighted by molar-refractivity contribution is 0.0939. The highest BCUT2D eigenvalue weighted by atomic mass is 16.5. The molecule has 0 saturated carbocycles. The average Bonchev–Trinajstić information content (AvgIpc) is 2.71. The van der Waals surface area contributed by atoms with Gasteiger partial charge in [-0.25, -0.2) is 0 Å². The average molecular weight is 394 g/mol. The van der Waals surface area contributed by atoms with Gasteiger partial charge < -0.3 is 19.5 Å². The van der Waals surface area contributed by atoms with Crippen molar-refractivity contribution in [3.8, 4) is 17.2 Å². The maximum atomic E-state index is 13.0. The highest BCUT2D eigenvalue weighted by Gasteiger charge is 2.19. The first-order chi connectivity index (χ1) is 13.9. The molecule has 0 saturated heterocycles. The van der Waals surface area contributed by atoms with Gasteiger partial charge in [0.1, 0.15) is 0 Å². The maximum absolute atomic E-state index is 13.0. The number of rotatable bonds is 6. The van der Waals surface area contributed by atoms with E-state index in [9.17, 15) is 4.79 Å². The summed E-state index contributed by atoms with van der Waals surface area (Å²) < 4.78 is 16.2. The first kappa shape index (κ1) is 20.5. The van der Waals surface area contributed by atoms with Crippen LogP contribution in [0.4, 0.5) is 0 Å². The lowest BCUT2D eigenvalue weighted by atomic mass is 10.0. The molecule has 6 nitrogen and oxygen atoms in total. The second-order valence-corrected chi connectivity index (χ2v) is 6.97. The number of methoxy groups -OCH3 is 3. The quantitative estimate of drug-likeness (QED) is 0.672. The summed E-state index contributed by atoms with van der Waals surface area (Å²) in [7, 11) is 4.69. The van der Waals surface area contributed by atoms with E-state index in [1.807, 2.05) is 57.2 Å². The summed E-state index contributed by atoms with van der Waals surface area (Å²) in [4.78, 5) is 17.6. The van der Waals surface area contributed by atoms with Crippen molar-refractivity contribution < 1.29 is 19.0 Å². The molecule has 0 fully saturated rings. The zero-order valence-corrected chi connectivity index (χ0v) is 17.6. The molecule has 0 aliphatic heterocycles. The van der Waals surface area contributed by atoms with Gasteiger partial charge in [0, 0.05) is 5.39 Å². The number of hydrogen-bond acceptors (Lipinski definition) is 5. The molecule has 0 radical (unpaired) electrons. The molecular formula is C23H26N2O4. The van der Waals surface area contributed by atoms with Gasteiger partial charge in [0.25, 0.3) is 5.91 Å². The molecule has 1 amide bonds. The zero-order valence-electron chi connectivity index (χ0n) is 17.6. The normalized spacial score (nSPS) is 11.8. The Labute approximate surface area is 170 Å². The Balaban J connectivity index is 1.90. The molecule has 1 atom stereocenters.